The molecule has 0 radical (unpaired) electrons. The van der Waals surface area contributed by atoms with Crippen LogP contribution in [-0.2, 0) is 12.8 Å². The third-order valence-corrected chi connectivity index (χ3v) is 2.59. The van der Waals surface area contributed by atoms with Gasteiger partial charge in [-0.2, -0.15) is 0 Å². The van der Waals surface area contributed by atoms with Crippen molar-refractivity contribution in [3.8, 4) is 0 Å². The lowest BCUT2D eigenvalue weighted by molar-refractivity contribution is 0.888. The summed E-state index contributed by atoms with van der Waals surface area (Å²) in [6.45, 7) is 8.91. The van der Waals surface area contributed by atoms with Crippen molar-refractivity contribution in [2.45, 2.75) is 47.0 Å². The summed E-state index contributed by atoms with van der Waals surface area (Å²) in [5, 5.41) is 0. The van der Waals surface area contributed by atoms with Crippen molar-refractivity contribution in [3.05, 3.63) is 34.4 Å². The second-order valence-corrected chi connectivity index (χ2v) is 3.82. The summed E-state index contributed by atoms with van der Waals surface area (Å²) in [6, 6.07) is 4.63. The second-order valence-electron chi connectivity index (χ2n) is 3.82. The molecule has 0 aromatic heterocycles. The summed E-state index contributed by atoms with van der Waals surface area (Å²) in [7, 11) is 0. The summed E-state index contributed by atoms with van der Waals surface area (Å²) in [6.07, 6.45) is 3.64. The van der Waals surface area contributed by atoms with Crippen LogP contribution in [0.25, 0.3) is 0 Å². The molecule has 0 nitrogen and oxygen atoms in total. The molecule has 0 fully saturated rings. The molecule has 13 heavy (non-hydrogen) atoms. The van der Waals surface area contributed by atoms with Gasteiger partial charge >= 0.3 is 0 Å². The zero-order chi connectivity index (χ0) is 9.84. The molecule has 0 heteroatoms. The van der Waals surface area contributed by atoms with E-state index < -0.39 is 0 Å². The highest BCUT2D eigenvalue weighted by atomic mass is 14.1. The molecule has 0 atom stereocenters. The predicted octanol–water partition coefficient (Wildman–Crippen LogP) is 3.82. The van der Waals surface area contributed by atoms with E-state index in [1.165, 1.54) is 24.0 Å². The van der Waals surface area contributed by atoms with Crippen LogP contribution in [0.15, 0.2) is 12.1 Å². The molecule has 0 aliphatic heterocycles. The first-order valence-corrected chi connectivity index (χ1v) is 5.28. The van der Waals surface area contributed by atoms with Gasteiger partial charge in [0, 0.05) is 0 Å². The minimum absolute atomic E-state index is 1.16. The van der Waals surface area contributed by atoms with Crippen LogP contribution in [0.4, 0.5) is 0 Å². The van der Waals surface area contributed by atoms with E-state index in [-0.39, 0.29) is 0 Å². The average Bonchev–Trinajstić information content (AvgIpc) is 2.09. The Bertz CT molecular complexity index is 284. The Hall–Kier alpha value is -0.780. The van der Waals surface area contributed by atoms with Crippen molar-refractivity contribution in [1.29, 1.82) is 0 Å². The van der Waals surface area contributed by atoms with Gasteiger partial charge in [-0.05, 0) is 43.4 Å². The Morgan fingerprint density at radius 3 is 2.31 bits per heavy atom. The fourth-order valence-electron chi connectivity index (χ4n) is 2.01. The van der Waals surface area contributed by atoms with Gasteiger partial charge in [0.1, 0.15) is 0 Å². The summed E-state index contributed by atoms with van der Waals surface area (Å²) in [4.78, 5) is 0. The van der Waals surface area contributed by atoms with Crippen LogP contribution in [0, 0.1) is 13.8 Å². The fraction of sp³-hybridized carbons (Fsp3) is 0.538. The standard InChI is InChI=1S/C13H20/c1-5-7-13-11(4)8-10(3)9-12(13)6-2/h8-9H,5-7H2,1-4H3. The Labute approximate surface area is 82.0 Å². The monoisotopic (exact) mass is 176 g/mol. The van der Waals surface area contributed by atoms with Crippen LogP contribution in [0.5, 0.6) is 0 Å². The topological polar surface area (TPSA) is 0 Å². The van der Waals surface area contributed by atoms with Crippen molar-refractivity contribution in [3.63, 3.8) is 0 Å². The summed E-state index contributed by atoms with van der Waals surface area (Å²) >= 11 is 0. The molecular formula is C13H20. The molecule has 1 aromatic rings. The molecule has 1 aromatic carbocycles. The normalized spacial score (nSPS) is 10.5. The van der Waals surface area contributed by atoms with Gasteiger partial charge in [-0.3, -0.25) is 0 Å². The van der Waals surface area contributed by atoms with E-state index in [0.717, 1.165) is 6.42 Å². The number of aryl methyl sites for hydroxylation is 3. The third-order valence-electron chi connectivity index (χ3n) is 2.59. The average molecular weight is 176 g/mol. The van der Waals surface area contributed by atoms with Crippen molar-refractivity contribution in [1.82, 2.24) is 0 Å². The predicted molar refractivity (Wildman–Crippen MR) is 59.3 cm³/mol. The Kier molecular flexibility index (Phi) is 3.53. The molecule has 0 saturated carbocycles. The largest absolute Gasteiger partial charge is 0.0651 e. The van der Waals surface area contributed by atoms with E-state index in [9.17, 15) is 0 Å². The lowest BCUT2D eigenvalue weighted by Gasteiger charge is -2.11. The van der Waals surface area contributed by atoms with Crippen LogP contribution >= 0.6 is 0 Å². The molecule has 0 unspecified atom stereocenters. The maximum atomic E-state index is 2.33. The number of hydrogen-bond acceptors (Lipinski definition) is 0. The SMILES string of the molecule is CCCc1c(C)cc(C)cc1CC. The highest BCUT2D eigenvalue weighted by Gasteiger charge is 2.03. The van der Waals surface area contributed by atoms with Crippen LogP contribution < -0.4 is 0 Å². The van der Waals surface area contributed by atoms with Crippen LogP contribution in [-0.4, -0.2) is 0 Å². The van der Waals surface area contributed by atoms with Gasteiger partial charge in [-0.15, -0.1) is 0 Å². The van der Waals surface area contributed by atoms with Crippen LogP contribution in [0.3, 0.4) is 0 Å². The first-order valence-electron chi connectivity index (χ1n) is 5.28. The molecule has 0 bridgehead atoms. The van der Waals surface area contributed by atoms with Crippen molar-refractivity contribution in [2.75, 3.05) is 0 Å². The highest BCUT2D eigenvalue weighted by molar-refractivity contribution is 5.38. The highest BCUT2D eigenvalue weighted by Crippen LogP contribution is 2.19. The molecular weight excluding hydrogens is 156 g/mol. The van der Waals surface area contributed by atoms with E-state index in [0.29, 0.717) is 0 Å². The fourth-order valence-corrected chi connectivity index (χ4v) is 2.01. The minimum Gasteiger partial charge on any atom is -0.0651 e. The summed E-state index contributed by atoms with van der Waals surface area (Å²) in [5.74, 6) is 0. The number of rotatable bonds is 3. The number of hydrogen-bond donors (Lipinski definition) is 0. The van der Waals surface area contributed by atoms with E-state index in [4.69, 9.17) is 0 Å². The maximum Gasteiger partial charge on any atom is -0.0276 e. The molecule has 0 spiro atoms. The second kappa shape index (κ2) is 4.45. The third kappa shape index (κ3) is 2.33. The molecule has 0 aliphatic rings. The molecule has 0 N–H and O–H groups in total. The first-order chi connectivity index (χ1) is 6.19. The van der Waals surface area contributed by atoms with Crippen LogP contribution in [0.2, 0.25) is 0 Å². The van der Waals surface area contributed by atoms with Gasteiger partial charge in [0.15, 0.2) is 0 Å². The van der Waals surface area contributed by atoms with Gasteiger partial charge in [-0.25, -0.2) is 0 Å². The molecule has 72 valence electrons. The zero-order valence-corrected chi connectivity index (χ0v) is 9.28. The van der Waals surface area contributed by atoms with Gasteiger partial charge in [0.05, 0.1) is 0 Å². The van der Waals surface area contributed by atoms with Gasteiger partial charge in [0.25, 0.3) is 0 Å². The molecule has 1 rings (SSSR count). The maximum absolute atomic E-state index is 2.33. The van der Waals surface area contributed by atoms with Gasteiger partial charge < -0.3 is 0 Å². The van der Waals surface area contributed by atoms with Crippen molar-refractivity contribution >= 4 is 0 Å². The lowest BCUT2D eigenvalue weighted by atomic mass is 9.94. The lowest BCUT2D eigenvalue weighted by Crippen LogP contribution is -1.97. The van der Waals surface area contributed by atoms with Crippen LogP contribution in [0.1, 0.15) is 42.5 Å². The smallest absolute Gasteiger partial charge is 0.0276 e. The van der Waals surface area contributed by atoms with Crippen molar-refractivity contribution in [2.24, 2.45) is 0 Å². The zero-order valence-electron chi connectivity index (χ0n) is 9.28. The number of benzene rings is 1. The molecule has 0 aliphatic carbocycles. The first kappa shape index (κ1) is 10.3. The minimum atomic E-state index is 1.16. The molecule has 0 heterocycles. The van der Waals surface area contributed by atoms with E-state index in [1.807, 2.05) is 0 Å². The Morgan fingerprint density at radius 2 is 1.77 bits per heavy atom. The summed E-state index contributed by atoms with van der Waals surface area (Å²) in [5.41, 5.74) is 5.99. The van der Waals surface area contributed by atoms with Gasteiger partial charge in [-0.1, -0.05) is 38.0 Å². The van der Waals surface area contributed by atoms with E-state index >= 15 is 0 Å². The van der Waals surface area contributed by atoms with E-state index in [2.05, 4.69) is 39.8 Å². The Morgan fingerprint density at radius 1 is 1.08 bits per heavy atom. The summed E-state index contributed by atoms with van der Waals surface area (Å²) < 4.78 is 0. The quantitative estimate of drug-likeness (QED) is 0.657. The Balaban J connectivity index is 3.13. The van der Waals surface area contributed by atoms with Gasteiger partial charge in [0.2, 0.25) is 0 Å². The van der Waals surface area contributed by atoms with E-state index in [1.54, 1.807) is 11.1 Å². The molecule has 0 amide bonds. The molecule has 0 saturated heterocycles. The van der Waals surface area contributed by atoms with Crippen molar-refractivity contribution < 1.29 is 0 Å².